The maximum atomic E-state index is 13.1. The second kappa shape index (κ2) is 9.52. The number of carbonyl (C=O) groups excluding carboxylic acids is 2. The van der Waals surface area contributed by atoms with E-state index in [1.807, 2.05) is 36.1 Å². The molecule has 1 aliphatic rings. The Morgan fingerprint density at radius 3 is 2.59 bits per heavy atom. The van der Waals surface area contributed by atoms with E-state index in [2.05, 4.69) is 5.32 Å². The molecule has 0 aromatic heterocycles. The number of rotatable bonds is 7. The lowest BCUT2D eigenvalue weighted by Crippen LogP contribution is -2.37. The van der Waals surface area contributed by atoms with Crippen molar-refractivity contribution < 1.29 is 23.5 Å². The molecule has 1 aliphatic heterocycles. The van der Waals surface area contributed by atoms with Crippen molar-refractivity contribution in [2.24, 2.45) is 0 Å². The van der Waals surface area contributed by atoms with Crippen molar-refractivity contribution in [2.45, 2.75) is 32.0 Å². The number of hydrogen-bond acceptors (Lipinski definition) is 5. The smallest absolute Gasteiger partial charge is 0.323 e. The Hall–Kier alpha value is -2.93. The van der Waals surface area contributed by atoms with Crippen LogP contribution in [-0.2, 0) is 16.1 Å². The van der Waals surface area contributed by atoms with E-state index in [1.165, 1.54) is 31.4 Å². The van der Waals surface area contributed by atoms with Crippen LogP contribution in [0.2, 0.25) is 0 Å². The van der Waals surface area contributed by atoms with Gasteiger partial charge in [0.25, 0.3) is 5.91 Å². The third kappa shape index (κ3) is 5.12. The van der Waals surface area contributed by atoms with Gasteiger partial charge in [0.05, 0.1) is 13.7 Å². The van der Waals surface area contributed by atoms with Crippen LogP contribution in [0.25, 0.3) is 0 Å². The van der Waals surface area contributed by atoms with Crippen molar-refractivity contribution in [1.29, 1.82) is 0 Å². The van der Waals surface area contributed by atoms with Crippen LogP contribution < -0.4 is 10.1 Å². The molecule has 2 aromatic rings. The van der Waals surface area contributed by atoms with Crippen LogP contribution in [0.15, 0.2) is 48.5 Å². The molecule has 1 heterocycles. The van der Waals surface area contributed by atoms with E-state index < -0.39 is 11.9 Å². The van der Waals surface area contributed by atoms with Gasteiger partial charge >= 0.3 is 5.97 Å². The zero-order chi connectivity index (χ0) is 20.8. The zero-order valence-corrected chi connectivity index (χ0v) is 16.6. The van der Waals surface area contributed by atoms with Gasteiger partial charge in [-0.05, 0) is 43.7 Å². The summed E-state index contributed by atoms with van der Waals surface area (Å²) >= 11 is 0. The summed E-state index contributed by atoms with van der Waals surface area (Å²) in [6, 6.07) is 12.4. The minimum absolute atomic E-state index is 0.226. The quantitative estimate of drug-likeness (QED) is 0.724. The molecule has 0 unspecified atom stereocenters. The normalized spacial score (nSPS) is 19.0. The number of para-hydroxylation sites is 1. The van der Waals surface area contributed by atoms with Crippen molar-refractivity contribution in [3.05, 3.63) is 65.5 Å². The summed E-state index contributed by atoms with van der Waals surface area (Å²) in [5, 5.41) is 2.94. The summed E-state index contributed by atoms with van der Waals surface area (Å²) in [7, 11) is 1.36. The fourth-order valence-corrected chi connectivity index (χ4v) is 3.58. The average molecular weight is 400 g/mol. The van der Waals surface area contributed by atoms with E-state index >= 15 is 0 Å². The van der Waals surface area contributed by atoms with Gasteiger partial charge in [0.2, 0.25) is 0 Å². The Balaban J connectivity index is 1.72. The molecule has 0 radical (unpaired) electrons. The van der Waals surface area contributed by atoms with Crippen molar-refractivity contribution in [3.8, 4) is 5.75 Å². The maximum absolute atomic E-state index is 13.1. The van der Waals surface area contributed by atoms with Gasteiger partial charge in [-0.1, -0.05) is 18.2 Å². The summed E-state index contributed by atoms with van der Waals surface area (Å²) in [4.78, 5) is 26.8. The number of methoxy groups -OCH3 is 1. The zero-order valence-electron chi connectivity index (χ0n) is 16.6. The Kier molecular flexibility index (Phi) is 6.82. The Morgan fingerprint density at radius 1 is 1.17 bits per heavy atom. The first-order chi connectivity index (χ1) is 14.0. The van der Waals surface area contributed by atoms with Crippen LogP contribution in [0, 0.1) is 5.82 Å². The number of amides is 1. The lowest BCUT2D eigenvalue weighted by atomic mass is 10.1. The van der Waals surface area contributed by atoms with Gasteiger partial charge in [0, 0.05) is 30.3 Å². The highest BCUT2D eigenvalue weighted by Crippen LogP contribution is 2.26. The maximum Gasteiger partial charge on any atom is 0.323 e. The predicted octanol–water partition coefficient (Wildman–Crippen LogP) is 2.77. The Labute approximate surface area is 169 Å². The molecule has 154 valence electrons. The third-order valence-electron chi connectivity index (χ3n) is 4.96. The first kappa shape index (κ1) is 20.8. The molecule has 1 amide bonds. The van der Waals surface area contributed by atoms with E-state index in [4.69, 9.17) is 9.47 Å². The topological polar surface area (TPSA) is 67.9 Å². The minimum Gasteiger partial charge on any atom is -0.494 e. The van der Waals surface area contributed by atoms with Gasteiger partial charge in [-0.3, -0.25) is 14.5 Å². The van der Waals surface area contributed by atoms with Crippen LogP contribution in [0.5, 0.6) is 5.75 Å². The molecule has 0 aliphatic carbocycles. The fourth-order valence-electron chi connectivity index (χ4n) is 3.58. The van der Waals surface area contributed by atoms with Gasteiger partial charge in [-0.2, -0.15) is 0 Å². The van der Waals surface area contributed by atoms with Crippen LogP contribution in [-0.4, -0.2) is 49.1 Å². The molecule has 0 spiro atoms. The second-order valence-corrected chi connectivity index (χ2v) is 6.92. The lowest BCUT2D eigenvalue weighted by molar-refractivity contribution is -0.146. The average Bonchev–Trinajstić information content (AvgIpc) is 3.11. The molecule has 3 rings (SSSR count). The number of esters is 1. The molecule has 0 bridgehead atoms. The standard InChI is InChI=1S/C22H25FN2O4/c1-3-29-20-7-5-4-6-16(20)13-25-14-18(12-19(25)22(27)28-2)24-21(26)15-8-10-17(23)11-9-15/h4-11,18-19H,3,12-14H2,1-2H3,(H,24,26)/t18-,19+/m1/s1. The number of hydrogen-bond donors (Lipinski definition) is 1. The highest BCUT2D eigenvalue weighted by atomic mass is 19.1. The summed E-state index contributed by atoms with van der Waals surface area (Å²) < 4.78 is 23.7. The Bertz CT molecular complexity index is 856. The SMILES string of the molecule is CCOc1ccccc1CN1C[C@H](NC(=O)c2ccc(F)cc2)C[C@H]1C(=O)OC. The number of halogens is 1. The van der Waals surface area contributed by atoms with Crippen LogP contribution >= 0.6 is 0 Å². The molecular weight excluding hydrogens is 375 g/mol. The van der Waals surface area contributed by atoms with Crippen LogP contribution in [0.3, 0.4) is 0 Å². The fraction of sp³-hybridized carbons (Fsp3) is 0.364. The monoisotopic (exact) mass is 400 g/mol. The van der Waals surface area contributed by atoms with E-state index in [0.29, 0.717) is 31.7 Å². The van der Waals surface area contributed by atoms with Crippen molar-refractivity contribution in [1.82, 2.24) is 10.2 Å². The molecule has 2 atom stereocenters. The van der Waals surface area contributed by atoms with E-state index in [9.17, 15) is 14.0 Å². The molecular formula is C22H25FN2O4. The van der Waals surface area contributed by atoms with Gasteiger partial charge in [-0.25, -0.2) is 4.39 Å². The highest BCUT2D eigenvalue weighted by Gasteiger charge is 2.38. The highest BCUT2D eigenvalue weighted by molar-refractivity contribution is 5.94. The van der Waals surface area contributed by atoms with Gasteiger partial charge < -0.3 is 14.8 Å². The van der Waals surface area contributed by atoms with Gasteiger partial charge in [0.1, 0.15) is 17.6 Å². The summed E-state index contributed by atoms with van der Waals surface area (Å²) in [6.45, 7) is 3.46. The second-order valence-electron chi connectivity index (χ2n) is 6.92. The predicted molar refractivity (Wildman–Crippen MR) is 106 cm³/mol. The number of nitrogens with zero attached hydrogens (tertiary/aromatic N) is 1. The number of nitrogens with one attached hydrogen (secondary N) is 1. The molecule has 0 saturated carbocycles. The number of likely N-dealkylation sites (tertiary alicyclic amines) is 1. The molecule has 6 nitrogen and oxygen atoms in total. The molecule has 1 N–H and O–H groups in total. The van der Waals surface area contributed by atoms with Crippen molar-refractivity contribution in [3.63, 3.8) is 0 Å². The van der Waals surface area contributed by atoms with E-state index in [-0.39, 0.29) is 17.9 Å². The summed E-state index contributed by atoms with van der Waals surface area (Å²) in [6.07, 6.45) is 0.441. The summed E-state index contributed by atoms with van der Waals surface area (Å²) in [5.74, 6) is -0.252. The summed E-state index contributed by atoms with van der Waals surface area (Å²) in [5.41, 5.74) is 1.34. The molecule has 29 heavy (non-hydrogen) atoms. The molecule has 1 saturated heterocycles. The van der Waals surface area contributed by atoms with E-state index in [0.717, 1.165) is 11.3 Å². The van der Waals surface area contributed by atoms with Crippen molar-refractivity contribution >= 4 is 11.9 Å². The lowest BCUT2D eigenvalue weighted by Gasteiger charge is -2.23. The first-order valence-corrected chi connectivity index (χ1v) is 9.60. The van der Waals surface area contributed by atoms with Crippen molar-refractivity contribution in [2.75, 3.05) is 20.3 Å². The van der Waals surface area contributed by atoms with Gasteiger partial charge in [0.15, 0.2) is 0 Å². The molecule has 2 aromatic carbocycles. The third-order valence-corrected chi connectivity index (χ3v) is 4.96. The molecule has 1 fully saturated rings. The first-order valence-electron chi connectivity index (χ1n) is 9.60. The number of carbonyl (C=O) groups is 2. The van der Waals surface area contributed by atoms with E-state index in [1.54, 1.807) is 0 Å². The molecule has 7 heteroatoms. The largest absolute Gasteiger partial charge is 0.494 e. The Morgan fingerprint density at radius 2 is 1.90 bits per heavy atom. The number of ether oxygens (including phenoxy) is 2. The van der Waals surface area contributed by atoms with Crippen LogP contribution in [0.1, 0.15) is 29.3 Å². The number of benzene rings is 2. The van der Waals surface area contributed by atoms with Crippen LogP contribution in [0.4, 0.5) is 4.39 Å². The minimum atomic E-state index is -0.465. The van der Waals surface area contributed by atoms with Gasteiger partial charge in [-0.15, -0.1) is 0 Å².